The summed E-state index contributed by atoms with van der Waals surface area (Å²) in [5, 5.41) is 11.9. The summed E-state index contributed by atoms with van der Waals surface area (Å²) in [5.74, 6) is -1.24. The highest BCUT2D eigenvalue weighted by molar-refractivity contribution is 7.89. The number of hydrogen-bond donors (Lipinski definition) is 3. The molecule has 0 aliphatic heterocycles. The fourth-order valence-electron chi connectivity index (χ4n) is 2.60. The van der Waals surface area contributed by atoms with E-state index in [0.717, 1.165) is 0 Å². The molecule has 0 aliphatic carbocycles. The van der Waals surface area contributed by atoms with Crippen LogP contribution in [0.15, 0.2) is 29.2 Å². The number of carboxylic acid groups (broad SMARTS) is 1. The van der Waals surface area contributed by atoms with E-state index in [0.29, 0.717) is 24.9 Å². The van der Waals surface area contributed by atoms with Crippen LogP contribution in [-0.4, -0.2) is 37.5 Å². The van der Waals surface area contributed by atoms with Crippen molar-refractivity contribution in [2.45, 2.75) is 56.9 Å². The van der Waals surface area contributed by atoms with Gasteiger partial charge in [0.2, 0.25) is 15.9 Å². The Kier molecular flexibility index (Phi) is 7.57. The third-order valence-electron chi connectivity index (χ3n) is 4.18. The van der Waals surface area contributed by atoms with Gasteiger partial charge in [-0.15, -0.1) is 0 Å². The molecule has 0 aromatic heterocycles. The zero-order valence-electron chi connectivity index (χ0n) is 14.8. The van der Waals surface area contributed by atoms with Crippen LogP contribution in [0.1, 0.15) is 45.6 Å². The molecule has 0 bridgehead atoms. The molecule has 0 spiro atoms. The molecule has 1 rings (SSSR count). The van der Waals surface area contributed by atoms with Gasteiger partial charge in [-0.1, -0.05) is 32.9 Å². The number of carbonyl (C=O) groups is 2. The van der Waals surface area contributed by atoms with Crippen LogP contribution >= 0.6 is 0 Å². The molecule has 3 N–H and O–H groups in total. The van der Waals surface area contributed by atoms with Gasteiger partial charge in [-0.2, -0.15) is 0 Å². The van der Waals surface area contributed by atoms with E-state index < -0.39 is 21.5 Å². The lowest BCUT2D eigenvalue weighted by Crippen LogP contribution is -2.49. The molecular weight excluding hydrogens is 344 g/mol. The predicted molar refractivity (Wildman–Crippen MR) is 94.7 cm³/mol. The van der Waals surface area contributed by atoms with Gasteiger partial charge in [-0.3, -0.25) is 9.59 Å². The van der Waals surface area contributed by atoms with Crippen LogP contribution in [0.25, 0.3) is 0 Å². The van der Waals surface area contributed by atoms with Crippen LogP contribution in [0.3, 0.4) is 0 Å². The number of amides is 1. The van der Waals surface area contributed by atoms with Gasteiger partial charge >= 0.3 is 5.97 Å². The maximum Gasteiger partial charge on any atom is 0.305 e. The zero-order chi connectivity index (χ0) is 19.1. The summed E-state index contributed by atoms with van der Waals surface area (Å²) in [5.41, 5.74) is -0.110. The summed E-state index contributed by atoms with van der Waals surface area (Å²) in [6.45, 7) is 5.67. The zero-order valence-corrected chi connectivity index (χ0v) is 15.6. The van der Waals surface area contributed by atoms with Crippen molar-refractivity contribution in [2.75, 3.05) is 6.54 Å². The minimum absolute atomic E-state index is 0.0584. The van der Waals surface area contributed by atoms with Crippen LogP contribution in [0, 0.1) is 0 Å². The van der Waals surface area contributed by atoms with Gasteiger partial charge in [0.25, 0.3) is 0 Å². The number of rotatable bonds is 10. The molecule has 0 radical (unpaired) electrons. The predicted octanol–water partition coefficient (Wildman–Crippen LogP) is 1.68. The quantitative estimate of drug-likeness (QED) is 0.580. The maximum atomic E-state index is 12.3. The Balaban J connectivity index is 2.81. The monoisotopic (exact) mass is 370 g/mol. The van der Waals surface area contributed by atoms with Crippen molar-refractivity contribution in [1.29, 1.82) is 0 Å². The Bertz CT molecular complexity index is 694. The molecule has 1 aromatic rings. The van der Waals surface area contributed by atoms with Crippen molar-refractivity contribution in [2.24, 2.45) is 0 Å². The molecule has 1 amide bonds. The molecule has 1 aromatic carbocycles. The molecule has 0 unspecified atom stereocenters. The number of aliphatic carboxylic acids is 1. The van der Waals surface area contributed by atoms with Crippen LogP contribution in [0.2, 0.25) is 0 Å². The molecule has 7 nitrogen and oxygen atoms in total. The molecule has 0 saturated carbocycles. The van der Waals surface area contributed by atoms with E-state index in [1.54, 1.807) is 19.1 Å². The Morgan fingerprint density at radius 2 is 1.64 bits per heavy atom. The van der Waals surface area contributed by atoms with Gasteiger partial charge in [-0.05, 0) is 30.5 Å². The lowest BCUT2D eigenvalue weighted by molar-refractivity contribution is -0.139. The van der Waals surface area contributed by atoms with Crippen molar-refractivity contribution < 1.29 is 23.1 Å². The lowest BCUT2D eigenvalue weighted by Gasteiger charge is -2.31. The van der Waals surface area contributed by atoms with Crippen LogP contribution < -0.4 is 10.0 Å². The smallest absolute Gasteiger partial charge is 0.305 e. The second-order valence-electron chi connectivity index (χ2n) is 5.93. The van der Waals surface area contributed by atoms with Crippen molar-refractivity contribution in [3.8, 4) is 0 Å². The molecule has 0 aliphatic rings. The summed E-state index contributed by atoms with van der Waals surface area (Å²) >= 11 is 0. The molecule has 0 heterocycles. The molecule has 8 heteroatoms. The largest absolute Gasteiger partial charge is 0.481 e. The third-order valence-corrected chi connectivity index (χ3v) is 5.74. The summed E-state index contributed by atoms with van der Waals surface area (Å²) < 4.78 is 26.2. The fourth-order valence-corrected chi connectivity index (χ4v) is 3.64. The summed E-state index contributed by atoms with van der Waals surface area (Å²) in [6.07, 6.45) is 0.956. The normalized spacial score (nSPS) is 12.0. The van der Waals surface area contributed by atoms with Gasteiger partial charge in [0.05, 0.1) is 17.7 Å². The fraction of sp³-hybridized carbons (Fsp3) is 0.529. The standard InChI is InChI=1S/C17H26N2O5S/c1-4-17(5-2,12-16(21)22)19-15(20)11-13-7-9-14(10-8-13)25(23,24)18-6-3/h7-10,18H,4-6,11-12H2,1-3H3,(H,19,20)(H,21,22). The van der Waals surface area contributed by atoms with Crippen molar-refractivity contribution in [1.82, 2.24) is 10.0 Å². The van der Waals surface area contributed by atoms with Crippen molar-refractivity contribution in [3.63, 3.8) is 0 Å². The van der Waals surface area contributed by atoms with Gasteiger partial charge in [-0.25, -0.2) is 13.1 Å². The summed E-state index contributed by atoms with van der Waals surface area (Å²) in [6, 6.07) is 6.07. The molecule has 25 heavy (non-hydrogen) atoms. The van der Waals surface area contributed by atoms with Crippen LogP contribution in [-0.2, 0) is 26.0 Å². The van der Waals surface area contributed by atoms with E-state index in [4.69, 9.17) is 5.11 Å². The van der Waals surface area contributed by atoms with E-state index in [9.17, 15) is 18.0 Å². The minimum atomic E-state index is -3.52. The Labute approximate surface area is 148 Å². The number of sulfonamides is 1. The van der Waals surface area contributed by atoms with Gasteiger partial charge < -0.3 is 10.4 Å². The SMILES string of the molecule is CCNS(=O)(=O)c1ccc(CC(=O)NC(CC)(CC)CC(=O)O)cc1. The van der Waals surface area contributed by atoms with Crippen LogP contribution in [0.5, 0.6) is 0 Å². The van der Waals surface area contributed by atoms with Gasteiger partial charge in [0.15, 0.2) is 0 Å². The average Bonchev–Trinajstić information content (AvgIpc) is 2.54. The highest BCUT2D eigenvalue weighted by Gasteiger charge is 2.30. The third kappa shape index (κ3) is 6.13. The minimum Gasteiger partial charge on any atom is -0.481 e. The Morgan fingerprint density at radius 1 is 1.08 bits per heavy atom. The average molecular weight is 370 g/mol. The van der Waals surface area contributed by atoms with E-state index in [1.165, 1.54) is 12.1 Å². The number of hydrogen-bond acceptors (Lipinski definition) is 4. The van der Waals surface area contributed by atoms with Gasteiger partial charge in [0.1, 0.15) is 0 Å². The van der Waals surface area contributed by atoms with E-state index >= 15 is 0 Å². The van der Waals surface area contributed by atoms with Crippen molar-refractivity contribution >= 4 is 21.9 Å². The number of carboxylic acids is 1. The lowest BCUT2D eigenvalue weighted by atomic mass is 9.88. The molecule has 0 atom stereocenters. The number of benzene rings is 1. The second kappa shape index (κ2) is 8.96. The maximum absolute atomic E-state index is 12.3. The first-order valence-electron chi connectivity index (χ1n) is 8.29. The van der Waals surface area contributed by atoms with E-state index in [-0.39, 0.29) is 23.6 Å². The second-order valence-corrected chi connectivity index (χ2v) is 7.70. The number of carbonyl (C=O) groups excluding carboxylic acids is 1. The first-order chi connectivity index (χ1) is 11.7. The molecule has 0 saturated heterocycles. The Hall–Kier alpha value is -1.93. The summed E-state index contributed by atoms with van der Waals surface area (Å²) in [4.78, 5) is 23.5. The van der Waals surface area contributed by atoms with E-state index in [1.807, 2.05) is 13.8 Å². The van der Waals surface area contributed by atoms with Crippen molar-refractivity contribution in [3.05, 3.63) is 29.8 Å². The van der Waals surface area contributed by atoms with Gasteiger partial charge in [0, 0.05) is 12.1 Å². The molecular formula is C17H26N2O5S. The first-order valence-corrected chi connectivity index (χ1v) is 9.77. The summed E-state index contributed by atoms with van der Waals surface area (Å²) in [7, 11) is -3.52. The van der Waals surface area contributed by atoms with Crippen LogP contribution in [0.4, 0.5) is 0 Å². The number of nitrogens with one attached hydrogen (secondary N) is 2. The Morgan fingerprint density at radius 3 is 2.08 bits per heavy atom. The highest BCUT2D eigenvalue weighted by Crippen LogP contribution is 2.20. The molecule has 0 fully saturated rings. The molecule has 140 valence electrons. The highest BCUT2D eigenvalue weighted by atomic mass is 32.2. The topological polar surface area (TPSA) is 113 Å². The van der Waals surface area contributed by atoms with E-state index in [2.05, 4.69) is 10.0 Å². The first kappa shape index (κ1) is 21.1.